The maximum Gasteiger partial charge on any atom is 0.0779 e. The van der Waals surface area contributed by atoms with Crippen molar-refractivity contribution in [3.63, 3.8) is 0 Å². The molecule has 78 valence electrons. The van der Waals surface area contributed by atoms with Crippen LogP contribution in [0.5, 0.6) is 0 Å². The van der Waals surface area contributed by atoms with Crippen LogP contribution in [-0.2, 0) is 11.2 Å². The molecule has 4 heteroatoms. The highest BCUT2D eigenvalue weighted by Crippen LogP contribution is 2.09. The zero-order valence-electron chi connectivity index (χ0n) is 8.23. The van der Waals surface area contributed by atoms with Gasteiger partial charge in [-0.05, 0) is 11.4 Å². The van der Waals surface area contributed by atoms with Crippen LogP contribution in [0.2, 0.25) is 0 Å². The van der Waals surface area contributed by atoms with E-state index in [1.807, 2.05) is 6.92 Å². The zero-order valence-corrected chi connectivity index (χ0v) is 9.87. The summed E-state index contributed by atoms with van der Waals surface area (Å²) in [6, 6.07) is 4.17. The quantitative estimate of drug-likeness (QED) is 0.600. The lowest BCUT2D eigenvalue weighted by atomic mass is 10.2. The molecule has 1 aromatic heterocycles. The number of hydrogen-bond acceptors (Lipinski definition) is 3. The minimum atomic E-state index is 0.174. The molecule has 0 aromatic carbocycles. The molecule has 0 spiro atoms. The summed E-state index contributed by atoms with van der Waals surface area (Å²) in [5, 5.41) is 2.08. The minimum Gasteiger partial charge on any atom is -0.393 e. The van der Waals surface area contributed by atoms with Crippen molar-refractivity contribution in [1.82, 2.24) is 0 Å². The van der Waals surface area contributed by atoms with Crippen LogP contribution in [0.3, 0.4) is 0 Å². The average molecular weight is 229 g/mol. The van der Waals surface area contributed by atoms with E-state index >= 15 is 0 Å². The fourth-order valence-corrected chi connectivity index (χ4v) is 1.73. The Morgan fingerprint density at radius 1 is 1.71 bits per heavy atom. The summed E-state index contributed by atoms with van der Waals surface area (Å²) >= 11 is 6.60. The second kappa shape index (κ2) is 6.11. The lowest BCUT2D eigenvalue weighted by molar-refractivity contribution is 0.125. The van der Waals surface area contributed by atoms with Gasteiger partial charge in [-0.2, -0.15) is 0 Å². The molecule has 0 amide bonds. The number of nitrogens with two attached hydrogens (primary N) is 1. The van der Waals surface area contributed by atoms with Crippen LogP contribution in [0.4, 0.5) is 0 Å². The zero-order chi connectivity index (χ0) is 10.4. The smallest absolute Gasteiger partial charge is 0.0779 e. The average Bonchev–Trinajstić information content (AvgIpc) is 2.64. The Morgan fingerprint density at radius 2 is 2.50 bits per heavy atom. The largest absolute Gasteiger partial charge is 0.393 e. The standard InChI is InChI=1S/C10H15NOS2/c1-8(10(11)13)7-12-5-4-9-3-2-6-14-9/h2-3,6,8H,4-5,7H2,1H3,(H2,11,13). The minimum absolute atomic E-state index is 0.174. The molecule has 0 saturated carbocycles. The first-order valence-corrected chi connectivity index (χ1v) is 5.88. The highest BCUT2D eigenvalue weighted by atomic mass is 32.1. The first-order chi connectivity index (χ1) is 6.70. The fraction of sp³-hybridized carbons (Fsp3) is 0.500. The lowest BCUT2D eigenvalue weighted by Crippen LogP contribution is -2.23. The monoisotopic (exact) mass is 229 g/mol. The van der Waals surface area contributed by atoms with Gasteiger partial charge in [-0.15, -0.1) is 11.3 Å². The lowest BCUT2D eigenvalue weighted by Gasteiger charge is -2.09. The van der Waals surface area contributed by atoms with Crippen LogP contribution >= 0.6 is 23.6 Å². The summed E-state index contributed by atoms with van der Waals surface area (Å²) in [4.78, 5) is 1.88. The van der Waals surface area contributed by atoms with Gasteiger partial charge in [-0.25, -0.2) is 0 Å². The van der Waals surface area contributed by atoms with Crippen molar-refractivity contribution in [3.05, 3.63) is 22.4 Å². The molecule has 1 aromatic rings. The van der Waals surface area contributed by atoms with Gasteiger partial charge < -0.3 is 10.5 Å². The maximum absolute atomic E-state index is 5.47. The van der Waals surface area contributed by atoms with E-state index in [0.717, 1.165) is 13.0 Å². The van der Waals surface area contributed by atoms with Crippen molar-refractivity contribution in [2.75, 3.05) is 13.2 Å². The summed E-state index contributed by atoms with van der Waals surface area (Å²) < 4.78 is 5.47. The Hall–Kier alpha value is -0.450. The molecular formula is C10H15NOS2. The van der Waals surface area contributed by atoms with Gasteiger partial charge in [-0.3, -0.25) is 0 Å². The van der Waals surface area contributed by atoms with Gasteiger partial charge in [0.1, 0.15) is 0 Å². The molecule has 0 bridgehead atoms. The van der Waals surface area contributed by atoms with Crippen molar-refractivity contribution >= 4 is 28.5 Å². The fourth-order valence-electron chi connectivity index (χ4n) is 0.970. The van der Waals surface area contributed by atoms with Crippen molar-refractivity contribution < 1.29 is 4.74 Å². The number of rotatable bonds is 6. The summed E-state index contributed by atoms with van der Waals surface area (Å²) in [7, 11) is 0. The molecule has 0 aliphatic rings. The third-order valence-corrected chi connectivity index (χ3v) is 3.26. The van der Waals surface area contributed by atoms with E-state index in [9.17, 15) is 0 Å². The molecule has 0 saturated heterocycles. The van der Waals surface area contributed by atoms with E-state index in [-0.39, 0.29) is 5.92 Å². The van der Waals surface area contributed by atoms with Crippen molar-refractivity contribution in [2.24, 2.45) is 11.7 Å². The van der Waals surface area contributed by atoms with Crippen LogP contribution in [-0.4, -0.2) is 18.2 Å². The summed E-state index contributed by atoms with van der Waals surface area (Å²) in [6.07, 6.45) is 0.974. The summed E-state index contributed by atoms with van der Waals surface area (Å²) in [5.41, 5.74) is 5.47. The third-order valence-electron chi connectivity index (χ3n) is 1.93. The molecule has 14 heavy (non-hydrogen) atoms. The molecule has 1 heterocycles. The molecule has 1 atom stereocenters. The van der Waals surface area contributed by atoms with Crippen molar-refractivity contribution in [1.29, 1.82) is 0 Å². The van der Waals surface area contributed by atoms with E-state index in [2.05, 4.69) is 17.5 Å². The van der Waals surface area contributed by atoms with Gasteiger partial charge in [-0.1, -0.05) is 25.2 Å². The van der Waals surface area contributed by atoms with E-state index in [1.165, 1.54) is 4.88 Å². The van der Waals surface area contributed by atoms with Gasteiger partial charge >= 0.3 is 0 Å². The third kappa shape index (κ3) is 4.17. The van der Waals surface area contributed by atoms with E-state index in [0.29, 0.717) is 11.6 Å². The second-order valence-corrected chi connectivity index (χ2v) is 4.71. The Kier molecular flexibility index (Phi) is 5.07. The van der Waals surface area contributed by atoms with Crippen molar-refractivity contribution in [3.8, 4) is 0 Å². The molecule has 2 N–H and O–H groups in total. The summed E-state index contributed by atoms with van der Waals surface area (Å²) in [5.74, 6) is 0.174. The van der Waals surface area contributed by atoms with Crippen molar-refractivity contribution in [2.45, 2.75) is 13.3 Å². The van der Waals surface area contributed by atoms with Crippen LogP contribution in [0.15, 0.2) is 17.5 Å². The van der Waals surface area contributed by atoms with E-state index in [4.69, 9.17) is 22.7 Å². The Balaban J connectivity index is 2.08. The molecule has 2 nitrogen and oxygen atoms in total. The van der Waals surface area contributed by atoms with E-state index in [1.54, 1.807) is 11.3 Å². The molecular weight excluding hydrogens is 214 g/mol. The van der Waals surface area contributed by atoms with Gasteiger partial charge in [0.2, 0.25) is 0 Å². The highest BCUT2D eigenvalue weighted by molar-refractivity contribution is 7.80. The van der Waals surface area contributed by atoms with Crippen LogP contribution in [0.25, 0.3) is 0 Å². The molecule has 0 aliphatic carbocycles. The topological polar surface area (TPSA) is 35.2 Å². The van der Waals surface area contributed by atoms with Crippen LogP contribution in [0.1, 0.15) is 11.8 Å². The Labute approximate surface area is 94.1 Å². The number of thiophene rings is 1. The highest BCUT2D eigenvalue weighted by Gasteiger charge is 2.04. The van der Waals surface area contributed by atoms with Crippen LogP contribution in [0, 0.1) is 5.92 Å². The molecule has 0 aliphatic heterocycles. The predicted molar refractivity (Wildman–Crippen MR) is 64.8 cm³/mol. The maximum atomic E-state index is 5.47. The Morgan fingerprint density at radius 3 is 3.07 bits per heavy atom. The number of hydrogen-bond donors (Lipinski definition) is 1. The van der Waals surface area contributed by atoms with Gasteiger partial charge in [0.25, 0.3) is 0 Å². The summed E-state index contributed by atoms with van der Waals surface area (Å²) in [6.45, 7) is 3.35. The first-order valence-electron chi connectivity index (χ1n) is 4.59. The second-order valence-electron chi connectivity index (χ2n) is 3.21. The molecule has 0 fully saturated rings. The first kappa shape index (κ1) is 11.6. The molecule has 1 rings (SSSR count). The SMILES string of the molecule is CC(COCCc1cccs1)C(N)=S. The Bertz CT molecular complexity index is 272. The normalized spacial score (nSPS) is 12.6. The number of thiocarbonyl (C=S) groups is 1. The van der Waals surface area contributed by atoms with Gasteiger partial charge in [0.05, 0.1) is 18.2 Å². The molecule has 1 unspecified atom stereocenters. The number of ether oxygens (including phenoxy) is 1. The molecule has 0 radical (unpaired) electrons. The van der Waals surface area contributed by atoms with E-state index < -0.39 is 0 Å². The van der Waals surface area contributed by atoms with Gasteiger partial charge in [0, 0.05) is 17.2 Å². The predicted octanol–water partition coefficient (Wildman–Crippen LogP) is 2.23. The van der Waals surface area contributed by atoms with Crippen LogP contribution < -0.4 is 5.73 Å². The van der Waals surface area contributed by atoms with Gasteiger partial charge in [0.15, 0.2) is 0 Å².